The first-order valence-corrected chi connectivity index (χ1v) is 10.4. The van der Waals surface area contributed by atoms with Crippen LogP contribution >= 0.6 is 0 Å². The van der Waals surface area contributed by atoms with Crippen LogP contribution in [0.4, 0.5) is 0 Å². The zero-order valence-corrected chi connectivity index (χ0v) is 15.9. The Morgan fingerprint density at radius 2 is 1.65 bits per heavy atom. The molecule has 1 aliphatic carbocycles. The first-order chi connectivity index (χ1) is 12.5. The quantitative estimate of drug-likeness (QED) is 0.762. The topological polar surface area (TPSA) is 37.4 Å². The summed E-state index contributed by atoms with van der Waals surface area (Å²) in [6.45, 7) is 4.54. The smallest absolute Gasteiger partial charge is 0.207 e. The molecule has 26 heavy (non-hydrogen) atoms. The molecule has 0 saturated heterocycles. The predicted molar refractivity (Wildman–Crippen MR) is 105 cm³/mol. The molecule has 1 unspecified atom stereocenters. The van der Waals surface area contributed by atoms with E-state index in [1.54, 1.807) is 16.4 Å². The summed E-state index contributed by atoms with van der Waals surface area (Å²) in [5, 5.41) is 0. The molecule has 0 aromatic heterocycles. The van der Waals surface area contributed by atoms with Gasteiger partial charge < -0.3 is 0 Å². The van der Waals surface area contributed by atoms with Crippen LogP contribution in [0.15, 0.2) is 77.7 Å². The van der Waals surface area contributed by atoms with E-state index in [0.29, 0.717) is 11.4 Å². The monoisotopic (exact) mass is 365 g/mol. The average molecular weight is 365 g/mol. The standard InChI is InChI=1S/C22H23NO2S/c1-16-8-12-20(13-9-16)26(24,25)23-15-19-11-10-17(2)22(23)14-21(19)18-6-4-3-5-7-18/h3-14,17,19,22H,15H2,1-2H3/t17?,19-,22+/m1/s1. The second-order valence-corrected chi connectivity index (χ2v) is 9.11. The molecule has 0 N–H and O–H groups in total. The molecule has 5 rings (SSSR count). The highest BCUT2D eigenvalue weighted by atomic mass is 32.2. The van der Waals surface area contributed by atoms with Gasteiger partial charge in [0.15, 0.2) is 0 Å². The molecule has 2 aromatic rings. The van der Waals surface area contributed by atoms with Crippen molar-refractivity contribution in [2.24, 2.45) is 11.8 Å². The lowest BCUT2D eigenvalue weighted by molar-refractivity contribution is 0.308. The van der Waals surface area contributed by atoms with Crippen molar-refractivity contribution in [3.8, 4) is 0 Å². The summed E-state index contributed by atoms with van der Waals surface area (Å²) in [6, 6.07) is 17.2. The summed E-state index contributed by atoms with van der Waals surface area (Å²) < 4.78 is 28.3. The largest absolute Gasteiger partial charge is 0.243 e. The molecule has 0 amide bonds. The highest BCUT2D eigenvalue weighted by Gasteiger charge is 2.40. The third-order valence-electron chi connectivity index (χ3n) is 5.38. The molecule has 0 fully saturated rings. The maximum atomic E-state index is 13.3. The normalized spacial score (nSPS) is 25.8. The Kier molecular flexibility index (Phi) is 4.33. The molecule has 2 aliphatic heterocycles. The Bertz CT molecular complexity index is 959. The molecule has 3 nitrogen and oxygen atoms in total. The van der Waals surface area contributed by atoms with E-state index in [0.717, 1.165) is 5.56 Å². The van der Waals surface area contributed by atoms with E-state index in [1.807, 2.05) is 37.3 Å². The third kappa shape index (κ3) is 2.93. The summed E-state index contributed by atoms with van der Waals surface area (Å²) in [7, 11) is -3.52. The molecule has 3 atom stereocenters. The molecule has 134 valence electrons. The number of hydrogen-bond acceptors (Lipinski definition) is 2. The van der Waals surface area contributed by atoms with E-state index in [1.165, 1.54) is 11.1 Å². The van der Waals surface area contributed by atoms with Gasteiger partial charge in [-0.25, -0.2) is 8.42 Å². The van der Waals surface area contributed by atoms with Crippen molar-refractivity contribution >= 4 is 15.6 Å². The van der Waals surface area contributed by atoms with Crippen molar-refractivity contribution in [2.75, 3.05) is 6.54 Å². The molecule has 4 heteroatoms. The van der Waals surface area contributed by atoms with E-state index in [4.69, 9.17) is 0 Å². The molecule has 2 aromatic carbocycles. The number of nitrogens with zero attached hydrogens (tertiary/aromatic N) is 1. The molecule has 0 radical (unpaired) electrons. The summed E-state index contributed by atoms with van der Waals surface area (Å²) in [5.41, 5.74) is 3.46. The number of benzene rings is 2. The molecule has 2 heterocycles. The Balaban J connectivity index is 1.77. The van der Waals surface area contributed by atoms with Crippen LogP contribution in [0.3, 0.4) is 0 Å². The summed E-state index contributed by atoms with van der Waals surface area (Å²) in [5.74, 6) is 0.222. The molecule has 0 saturated carbocycles. The maximum Gasteiger partial charge on any atom is 0.243 e. The van der Waals surface area contributed by atoms with Gasteiger partial charge in [0.05, 0.1) is 4.90 Å². The Morgan fingerprint density at radius 3 is 2.35 bits per heavy atom. The van der Waals surface area contributed by atoms with Gasteiger partial charge in [0, 0.05) is 18.5 Å². The van der Waals surface area contributed by atoms with Gasteiger partial charge in [0.1, 0.15) is 0 Å². The maximum absolute atomic E-state index is 13.3. The van der Waals surface area contributed by atoms with Gasteiger partial charge >= 0.3 is 0 Å². The van der Waals surface area contributed by atoms with Gasteiger partial charge in [-0.05, 0) is 36.1 Å². The zero-order valence-electron chi connectivity index (χ0n) is 15.0. The lowest BCUT2D eigenvalue weighted by atomic mass is 9.88. The number of sulfonamides is 1. The van der Waals surface area contributed by atoms with Crippen molar-refractivity contribution in [3.63, 3.8) is 0 Å². The Labute approximate surface area is 155 Å². The zero-order chi connectivity index (χ0) is 18.3. The van der Waals surface area contributed by atoms with Crippen LogP contribution in [0.25, 0.3) is 5.57 Å². The molecule has 2 bridgehead atoms. The second-order valence-electron chi connectivity index (χ2n) is 7.22. The Hall–Kier alpha value is -2.17. The molecular weight excluding hydrogens is 342 g/mol. The highest BCUT2D eigenvalue weighted by Crippen LogP contribution is 2.39. The number of fused-ring (bicyclic) bond motifs is 2. The highest BCUT2D eigenvalue weighted by molar-refractivity contribution is 7.89. The van der Waals surface area contributed by atoms with E-state index >= 15 is 0 Å². The van der Waals surface area contributed by atoms with E-state index in [-0.39, 0.29) is 17.9 Å². The van der Waals surface area contributed by atoms with E-state index in [9.17, 15) is 8.42 Å². The Morgan fingerprint density at radius 1 is 0.962 bits per heavy atom. The molecule has 0 spiro atoms. The van der Waals surface area contributed by atoms with Crippen molar-refractivity contribution in [1.82, 2.24) is 4.31 Å². The fraction of sp³-hybridized carbons (Fsp3) is 0.273. The third-order valence-corrected chi connectivity index (χ3v) is 7.26. The van der Waals surface area contributed by atoms with Gasteiger partial charge in [-0.15, -0.1) is 0 Å². The lowest BCUT2D eigenvalue weighted by Gasteiger charge is -2.37. The van der Waals surface area contributed by atoms with E-state index < -0.39 is 10.0 Å². The van der Waals surface area contributed by atoms with Crippen molar-refractivity contribution in [1.29, 1.82) is 0 Å². The fourth-order valence-corrected chi connectivity index (χ4v) is 5.53. The number of rotatable bonds is 3. The van der Waals surface area contributed by atoms with Crippen LogP contribution in [0.5, 0.6) is 0 Å². The second kappa shape index (κ2) is 6.53. The van der Waals surface area contributed by atoms with Crippen LogP contribution in [0.1, 0.15) is 18.1 Å². The SMILES string of the molecule is Cc1ccc(S(=O)(=O)N2C[C@H]3C=CC(C)[C@@H]2C=C3c2ccccc2)cc1. The predicted octanol–water partition coefficient (Wildman–Crippen LogP) is 4.27. The van der Waals surface area contributed by atoms with Crippen LogP contribution in [0.2, 0.25) is 0 Å². The summed E-state index contributed by atoms with van der Waals surface area (Å²) in [4.78, 5) is 0.373. The van der Waals surface area contributed by atoms with Gasteiger partial charge in [0.25, 0.3) is 0 Å². The fourth-order valence-electron chi connectivity index (χ4n) is 3.85. The molecule has 3 aliphatic rings. The van der Waals surface area contributed by atoms with Gasteiger partial charge in [-0.2, -0.15) is 4.31 Å². The van der Waals surface area contributed by atoms with Crippen LogP contribution in [-0.2, 0) is 10.0 Å². The van der Waals surface area contributed by atoms with Crippen molar-refractivity contribution in [3.05, 3.63) is 84.0 Å². The minimum atomic E-state index is -3.52. The molecular formula is C22H23NO2S. The van der Waals surface area contributed by atoms with Gasteiger partial charge in [0.2, 0.25) is 10.0 Å². The first kappa shape index (κ1) is 17.3. The van der Waals surface area contributed by atoms with Crippen LogP contribution < -0.4 is 0 Å². The minimum Gasteiger partial charge on any atom is -0.207 e. The van der Waals surface area contributed by atoms with Crippen molar-refractivity contribution in [2.45, 2.75) is 24.8 Å². The minimum absolute atomic E-state index is 0.0822. The van der Waals surface area contributed by atoms with E-state index in [2.05, 4.69) is 37.3 Å². The lowest BCUT2D eigenvalue weighted by Crippen LogP contribution is -2.46. The number of hydrogen-bond donors (Lipinski definition) is 0. The average Bonchev–Trinajstić information content (AvgIpc) is 2.92. The van der Waals surface area contributed by atoms with Crippen LogP contribution in [0, 0.1) is 18.8 Å². The first-order valence-electron chi connectivity index (χ1n) is 9.01. The van der Waals surface area contributed by atoms with Gasteiger partial charge in [-0.3, -0.25) is 0 Å². The van der Waals surface area contributed by atoms with Crippen LogP contribution in [-0.4, -0.2) is 25.3 Å². The van der Waals surface area contributed by atoms with Gasteiger partial charge in [-0.1, -0.05) is 73.2 Å². The summed E-state index contributed by atoms with van der Waals surface area (Å²) in [6.07, 6.45) is 6.49. The number of aryl methyl sites for hydroxylation is 1. The summed E-state index contributed by atoms with van der Waals surface area (Å²) >= 11 is 0. The van der Waals surface area contributed by atoms with Crippen molar-refractivity contribution < 1.29 is 8.42 Å².